The third-order valence-corrected chi connectivity index (χ3v) is 7.49. The van der Waals surface area contributed by atoms with Crippen LogP contribution in [0.2, 0.25) is 0 Å². The van der Waals surface area contributed by atoms with Crippen LogP contribution in [0.25, 0.3) is 55.0 Å². The number of pyridine rings is 3. The van der Waals surface area contributed by atoms with Gasteiger partial charge < -0.3 is 9.72 Å². The number of H-pyrrole nitrogens is 2. The van der Waals surface area contributed by atoms with Crippen molar-refractivity contribution in [1.82, 2.24) is 30.1 Å². The van der Waals surface area contributed by atoms with Crippen molar-refractivity contribution < 1.29 is 4.74 Å². The molecule has 0 amide bonds. The number of thiophene rings is 1. The molecule has 0 bridgehead atoms. The van der Waals surface area contributed by atoms with Crippen LogP contribution in [0.15, 0.2) is 91.5 Å². The Morgan fingerprint density at radius 3 is 2.61 bits per heavy atom. The molecule has 0 saturated carbocycles. The molecule has 0 saturated heterocycles. The normalized spacial score (nSPS) is 11.4. The first-order valence-corrected chi connectivity index (χ1v) is 13.0. The van der Waals surface area contributed by atoms with Gasteiger partial charge in [0.05, 0.1) is 39.9 Å². The van der Waals surface area contributed by atoms with Crippen LogP contribution >= 0.6 is 11.3 Å². The number of aromatic amines is 2. The van der Waals surface area contributed by atoms with Crippen molar-refractivity contribution in [2.45, 2.75) is 13.5 Å². The van der Waals surface area contributed by atoms with Crippen LogP contribution < -0.4 is 4.74 Å². The van der Waals surface area contributed by atoms with E-state index in [2.05, 4.69) is 55.3 Å². The minimum Gasteiger partial charge on any atom is -0.487 e. The second kappa shape index (κ2) is 9.24. The lowest BCUT2D eigenvalue weighted by Gasteiger charge is -2.08. The molecule has 7 aromatic rings. The van der Waals surface area contributed by atoms with Crippen molar-refractivity contribution in [3.8, 4) is 39.0 Å². The summed E-state index contributed by atoms with van der Waals surface area (Å²) in [5.74, 6) is 0.695. The van der Waals surface area contributed by atoms with E-state index in [1.807, 2.05) is 60.9 Å². The number of hydrogen-bond donors (Lipinski definition) is 2. The predicted octanol–water partition coefficient (Wildman–Crippen LogP) is 7.18. The molecule has 7 nitrogen and oxygen atoms in total. The van der Waals surface area contributed by atoms with Crippen molar-refractivity contribution in [3.63, 3.8) is 0 Å². The van der Waals surface area contributed by atoms with Crippen LogP contribution in [0.4, 0.5) is 0 Å². The van der Waals surface area contributed by atoms with E-state index in [9.17, 15) is 0 Å². The Hall–Kier alpha value is -4.82. The summed E-state index contributed by atoms with van der Waals surface area (Å²) in [4.78, 5) is 19.7. The van der Waals surface area contributed by atoms with Crippen LogP contribution in [0.1, 0.15) is 10.4 Å². The molecule has 0 fully saturated rings. The third kappa shape index (κ3) is 4.10. The zero-order valence-electron chi connectivity index (χ0n) is 20.5. The van der Waals surface area contributed by atoms with Gasteiger partial charge in [-0.25, -0.2) is 0 Å². The fourth-order valence-corrected chi connectivity index (χ4v) is 5.48. The van der Waals surface area contributed by atoms with Crippen LogP contribution in [0.5, 0.6) is 5.75 Å². The molecule has 6 heterocycles. The Morgan fingerprint density at radius 2 is 1.74 bits per heavy atom. The van der Waals surface area contributed by atoms with Crippen molar-refractivity contribution in [2.75, 3.05) is 0 Å². The van der Waals surface area contributed by atoms with Gasteiger partial charge in [0.2, 0.25) is 0 Å². The van der Waals surface area contributed by atoms with E-state index in [1.165, 1.54) is 4.88 Å². The first-order valence-electron chi connectivity index (χ1n) is 12.2. The topological polar surface area (TPSA) is 92.4 Å². The fourth-order valence-electron chi connectivity index (χ4n) is 4.60. The first kappa shape index (κ1) is 22.4. The first-order chi connectivity index (χ1) is 18.7. The molecule has 6 aromatic heterocycles. The van der Waals surface area contributed by atoms with Crippen LogP contribution in [-0.4, -0.2) is 30.1 Å². The Labute approximate surface area is 222 Å². The van der Waals surface area contributed by atoms with Crippen LogP contribution in [0, 0.1) is 6.92 Å². The van der Waals surface area contributed by atoms with E-state index >= 15 is 0 Å². The number of nitrogens with one attached hydrogen (secondary N) is 2. The van der Waals surface area contributed by atoms with E-state index in [4.69, 9.17) is 4.74 Å². The van der Waals surface area contributed by atoms with Gasteiger partial charge in [-0.1, -0.05) is 30.3 Å². The Kier molecular flexibility index (Phi) is 5.44. The number of aromatic nitrogens is 6. The smallest absolute Gasteiger partial charge is 0.138 e. The standard InChI is InChI=1S/C30H22N6OS/c1-18-7-8-28(38-18)30-22-13-26(34-24(22)9-10-32-30)29-23-12-25(33-16-27(23)35-36-29)20-11-21(15-31-14-20)37-17-19-5-3-2-4-6-19/h2-16,34H,17H2,1H3,(H,35,36). The second-order valence-electron chi connectivity index (χ2n) is 9.09. The van der Waals surface area contributed by atoms with Crippen molar-refractivity contribution in [2.24, 2.45) is 0 Å². The molecule has 1 aromatic carbocycles. The average Bonchev–Trinajstić information content (AvgIpc) is 3.70. The maximum Gasteiger partial charge on any atom is 0.138 e. The second-order valence-corrected chi connectivity index (χ2v) is 10.4. The largest absolute Gasteiger partial charge is 0.487 e. The number of hydrogen-bond acceptors (Lipinski definition) is 6. The summed E-state index contributed by atoms with van der Waals surface area (Å²) in [6, 6.07) is 22.5. The summed E-state index contributed by atoms with van der Waals surface area (Å²) in [5.41, 5.74) is 7.39. The van der Waals surface area contributed by atoms with Gasteiger partial charge in [-0.15, -0.1) is 11.3 Å². The molecule has 184 valence electrons. The monoisotopic (exact) mass is 514 g/mol. The lowest BCUT2D eigenvalue weighted by atomic mass is 10.1. The SMILES string of the molecule is Cc1ccc(-c2nccc3[nH]c(-c4n[nH]c5cnc(-c6cncc(OCc7ccccc7)c6)cc45)cc23)s1. The highest BCUT2D eigenvalue weighted by atomic mass is 32.1. The lowest BCUT2D eigenvalue weighted by molar-refractivity contribution is 0.305. The molecule has 0 radical (unpaired) electrons. The van der Waals surface area contributed by atoms with E-state index in [1.54, 1.807) is 23.7 Å². The maximum absolute atomic E-state index is 5.98. The van der Waals surface area contributed by atoms with E-state index in [0.717, 1.165) is 60.6 Å². The summed E-state index contributed by atoms with van der Waals surface area (Å²) in [6.07, 6.45) is 7.17. The molecule has 38 heavy (non-hydrogen) atoms. The Morgan fingerprint density at radius 1 is 0.842 bits per heavy atom. The zero-order chi connectivity index (χ0) is 25.5. The summed E-state index contributed by atoms with van der Waals surface area (Å²) >= 11 is 1.75. The highest BCUT2D eigenvalue weighted by Gasteiger charge is 2.16. The van der Waals surface area contributed by atoms with Crippen LogP contribution in [-0.2, 0) is 6.61 Å². The molecule has 0 spiro atoms. The van der Waals surface area contributed by atoms with Gasteiger partial charge in [-0.2, -0.15) is 5.10 Å². The van der Waals surface area contributed by atoms with Gasteiger partial charge in [0.15, 0.2) is 0 Å². The summed E-state index contributed by atoms with van der Waals surface area (Å²) in [7, 11) is 0. The summed E-state index contributed by atoms with van der Waals surface area (Å²) < 4.78 is 5.98. The molecule has 7 rings (SSSR count). The number of benzene rings is 1. The quantitative estimate of drug-likeness (QED) is 0.245. The Balaban J connectivity index is 1.24. The molecule has 0 aliphatic carbocycles. The van der Waals surface area contributed by atoms with Crippen molar-refractivity contribution >= 4 is 33.1 Å². The molecular formula is C30H22N6OS. The van der Waals surface area contributed by atoms with Gasteiger partial charge in [-0.05, 0) is 48.9 Å². The zero-order valence-corrected chi connectivity index (χ0v) is 21.3. The molecule has 0 aliphatic rings. The third-order valence-electron chi connectivity index (χ3n) is 6.48. The molecule has 8 heteroatoms. The number of fused-ring (bicyclic) bond motifs is 2. The molecule has 2 N–H and O–H groups in total. The van der Waals surface area contributed by atoms with Gasteiger partial charge in [0.25, 0.3) is 0 Å². The highest BCUT2D eigenvalue weighted by molar-refractivity contribution is 7.15. The summed E-state index contributed by atoms with van der Waals surface area (Å²) in [5, 5.41) is 9.79. The van der Waals surface area contributed by atoms with Gasteiger partial charge in [0, 0.05) is 39.1 Å². The summed E-state index contributed by atoms with van der Waals surface area (Å²) in [6.45, 7) is 2.59. The molecule has 0 atom stereocenters. The average molecular weight is 515 g/mol. The number of rotatable bonds is 6. The van der Waals surface area contributed by atoms with Gasteiger partial charge in [0.1, 0.15) is 18.1 Å². The number of aryl methyl sites for hydroxylation is 1. The van der Waals surface area contributed by atoms with Crippen molar-refractivity contribution in [1.29, 1.82) is 0 Å². The fraction of sp³-hybridized carbons (Fsp3) is 0.0667. The molecule has 0 aliphatic heterocycles. The van der Waals surface area contributed by atoms with E-state index in [0.29, 0.717) is 12.4 Å². The van der Waals surface area contributed by atoms with Crippen molar-refractivity contribution in [3.05, 3.63) is 102 Å². The lowest BCUT2D eigenvalue weighted by Crippen LogP contribution is -1.96. The minimum absolute atomic E-state index is 0.479. The van der Waals surface area contributed by atoms with Gasteiger partial charge in [-0.3, -0.25) is 20.1 Å². The molecular weight excluding hydrogens is 492 g/mol. The highest BCUT2D eigenvalue weighted by Crippen LogP contribution is 2.36. The number of nitrogens with zero attached hydrogens (tertiary/aromatic N) is 4. The number of ether oxygens (including phenoxy) is 1. The maximum atomic E-state index is 5.98. The van der Waals surface area contributed by atoms with Gasteiger partial charge >= 0.3 is 0 Å². The van der Waals surface area contributed by atoms with Crippen LogP contribution in [0.3, 0.4) is 0 Å². The van der Waals surface area contributed by atoms with E-state index < -0.39 is 0 Å². The predicted molar refractivity (Wildman–Crippen MR) is 151 cm³/mol. The van der Waals surface area contributed by atoms with E-state index in [-0.39, 0.29) is 0 Å². The molecule has 0 unspecified atom stereocenters. The minimum atomic E-state index is 0.479. The Bertz CT molecular complexity index is 1900.